The average Bonchev–Trinajstić information content (AvgIpc) is 3.08. The molecular weight excluding hydrogens is 344 g/mol. The third-order valence-corrected chi connectivity index (χ3v) is 4.86. The van der Waals surface area contributed by atoms with Crippen LogP contribution in [0.5, 0.6) is 11.5 Å². The Balaban J connectivity index is 1.53. The highest BCUT2D eigenvalue weighted by Gasteiger charge is 2.16. The van der Waals surface area contributed by atoms with Crippen LogP contribution in [-0.2, 0) is 5.75 Å². The molecule has 0 N–H and O–H groups in total. The predicted molar refractivity (Wildman–Crippen MR) is 94.6 cm³/mol. The zero-order chi connectivity index (χ0) is 16.4. The molecule has 0 atom stereocenters. The van der Waals surface area contributed by atoms with Gasteiger partial charge in [0.05, 0.1) is 5.69 Å². The second kappa shape index (κ2) is 6.71. The fourth-order valence-electron chi connectivity index (χ4n) is 2.39. The molecular formula is C18H13ClN2O2S. The molecule has 0 radical (unpaired) electrons. The van der Waals surface area contributed by atoms with Gasteiger partial charge in [-0.2, -0.15) is 0 Å². The maximum Gasteiger partial charge on any atom is 0.231 e. The summed E-state index contributed by atoms with van der Waals surface area (Å²) >= 11 is 7.85. The minimum atomic E-state index is 0.241. The van der Waals surface area contributed by atoms with E-state index < -0.39 is 0 Å². The van der Waals surface area contributed by atoms with Crippen molar-refractivity contribution in [2.75, 3.05) is 6.79 Å². The van der Waals surface area contributed by atoms with Crippen molar-refractivity contribution in [1.29, 1.82) is 0 Å². The van der Waals surface area contributed by atoms with Crippen LogP contribution >= 0.6 is 23.4 Å². The zero-order valence-electron chi connectivity index (χ0n) is 12.6. The van der Waals surface area contributed by atoms with Gasteiger partial charge in [0.2, 0.25) is 6.79 Å². The van der Waals surface area contributed by atoms with Gasteiger partial charge in [-0.1, -0.05) is 53.7 Å². The van der Waals surface area contributed by atoms with Crippen molar-refractivity contribution in [3.05, 3.63) is 65.3 Å². The topological polar surface area (TPSA) is 44.2 Å². The van der Waals surface area contributed by atoms with Gasteiger partial charge in [-0.3, -0.25) is 0 Å². The van der Waals surface area contributed by atoms with Crippen LogP contribution in [0, 0.1) is 0 Å². The van der Waals surface area contributed by atoms with Crippen molar-refractivity contribution >= 4 is 23.4 Å². The first-order chi connectivity index (χ1) is 11.8. The van der Waals surface area contributed by atoms with Crippen LogP contribution in [0.2, 0.25) is 5.02 Å². The molecule has 0 aliphatic carbocycles. The second-order valence-corrected chi connectivity index (χ2v) is 6.53. The zero-order valence-corrected chi connectivity index (χ0v) is 14.2. The Kier molecular flexibility index (Phi) is 4.28. The van der Waals surface area contributed by atoms with Gasteiger partial charge < -0.3 is 9.47 Å². The number of benzene rings is 2. The number of aromatic nitrogens is 2. The maximum atomic E-state index is 6.31. The van der Waals surface area contributed by atoms with Gasteiger partial charge in [0.25, 0.3) is 0 Å². The summed E-state index contributed by atoms with van der Waals surface area (Å²) in [6.07, 6.45) is 1.78. The van der Waals surface area contributed by atoms with Gasteiger partial charge in [0.15, 0.2) is 16.7 Å². The van der Waals surface area contributed by atoms with Crippen LogP contribution in [0.25, 0.3) is 11.3 Å². The van der Waals surface area contributed by atoms with E-state index in [1.54, 1.807) is 12.3 Å². The minimum Gasteiger partial charge on any atom is -0.454 e. The van der Waals surface area contributed by atoms with Gasteiger partial charge in [0, 0.05) is 28.6 Å². The molecule has 2 heterocycles. The normalized spacial score (nSPS) is 12.4. The summed E-state index contributed by atoms with van der Waals surface area (Å²) in [4.78, 5) is 8.95. The standard InChI is InChI=1S/C18H13ClN2O2S/c19-14-9-17-16(22-11-23-17)8-13(14)10-24-18-20-7-6-15(21-18)12-4-2-1-3-5-12/h1-9H,10-11H2. The molecule has 1 aromatic heterocycles. The Bertz CT molecular complexity index is 874. The summed E-state index contributed by atoms with van der Waals surface area (Å²) in [5, 5.41) is 1.37. The fraction of sp³-hybridized carbons (Fsp3) is 0.111. The highest BCUT2D eigenvalue weighted by Crippen LogP contribution is 2.38. The molecule has 0 unspecified atom stereocenters. The first kappa shape index (κ1) is 15.3. The number of hydrogen-bond donors (Lipinski definition) is 0. The number of halogens is 1. The van der Waals surface area contributed by atoms with E-state index in [-0.39, 0.29) is 6.79 Å². The Morgan fingerprint density at radius 3 is 2.67 bits per heavy atom. The number of hydrogen-bond acceptors (Lipinski definition) is 5. The van der Waals surface area contributed by atoms with E-state index in [4.69, 9.17) is 21.1 Å². The molecule has 0 fully saturated rings. The summed E-state index contributed by atoms with van der Waals surface area (Å²) < 4.78 is 10.7. The number of ether oxygens (including phenoxy) is 2. The van der Waals surface area contributed by atoms with Crippen LogP contribution in [-0.4, -0.2) is 16.8 Å². The van der Waals surface area contributed by atoms with Crippen LogP contribution in [0.3, 0.4) is 0 Å². The maximum absolute atomic E-state index is 6.31. The van der Waals surface area contributed by atoms with Crippen molar-refractivity contribution in [1.82, 2.24) is 9.97 Å². The lowest BCUT2D eigenvalue weighted by Crippen LogP contribution is -1.93. The van der Waals surface area contributed by atoms with E-state index in [1.807, 2.05) is 42.5 Å². The van der Waals surface area contributed by atoms with Crippen LogP contribution in [0.1, 0.15) is 5.56 Å². The molecule has 4 rings (SSSR count). The molecule has 120 valence electrons. The number of rotatable bonds is 4. The number of nitrogens with zero attached hydrogens (tertiary/aromatic N) is 2. The second-order valence-electron chi connectivity index (χ2n) is 5.18. The molecule has 0 bridgehead atoms. The quantitative estimate of drug-likeness (QED) is 0.495. The molecule has 4 nitrogen and oxygen atoms in total. The molecule has 1 aliphatic rings. The molecule has 0 saturated heterocycles. The largest absolute Gasteiger partial charge is 0.454 e. The molecule has 0 saturated carbocycles. The number of fused-ring (bicyclic) bond motifs is 1. The molecule has 24 heavy (non-hydrogen) atoms. The molecule has 2 aromatic carbocycles. The summed E-state index contributed by atoms with van der Waals surface area (Å²) in [6.45, 7) is 0.241. The monoisotopic (exact) mass is 356 g/mol. The van der Waals surface area contributed by atoms with Crippen LogP contribution < -0.4 is 9.47 Å². The van der Waals surface area contributed by atoms with Crippen LogP contribution in [0.4, 0.5) is 0 Å². The van der Waals surface area contributed by atoms with Crippen molar-refractivity contribution in [2.45, 2.75) is 10.9 Å². The van der Waals surface area contributed by atoms with Gasteiger partial charge in [-0.25, -0.2) is 9.97 Å². The lowest BCUT2D eigenvalue weighted by Gasteiger charge is -2.06. The van der Waals surface area contributed by atoms with E-state index in [0.717, 1.165) is 22.6 Å². The van der Waals surface area contributed by atoms with Crippen LogP contribution in [0.15, 0.2) is 59.9 Å². The van der Waals surface area contributed by atoms with E-state index in [1.165, 1.54) is 11.8 Å². The fourth-order valence-corrected chi connectivity index (χ4v) is 3.51. The molecule has 1 aliphatic heterocycles. The Morgan fingerprint density at radius 1 is 1.04 bits per heavy atom. The minimum absolute atomic E-state index is 0.241. The van der Waals surface area contributed by atoms with E-state index in [0.29, 0.717) is 21.7 Å². The van der Waals surface area contributed by atoms with Crippen molar-refractivity contribution in [3.8, 4) is 22.8 Å². The van der Waals surface area contributed by atoms with Gasteiger partial charge in [0.1, 0.15) is 0 Å². The predicted octanol–water partition coefficient (Wildman–Crippen LogP) is 4.82. The smallest absolute Gasteiger partial charge is 0.231 e. The average molecular weight is 357 g/mol. The van der Waals surface area contributed by atoms with E-state index >= 15 is 0 Å². The lowest BCUT2D eigenvalue weighted by atomic mass is 10.1. The van der Waals surface area contributed by atoms with E-state index in [9.17, 15) is 0 Å². The first-order valence-electron chi connectivity index (χ1n) is 7.39. The number of thioether (sulfide) groups is 1. The molecule has 6 heteroatoms. The third-order valence-electron chi connectivity index (χ3n) is 3.60. The highest BCUT2D eigenvalue weighted by molar-refractivity contribution is 7.98. The summed E-state index contributed by atoms with van der Waals surface area (Å²) in [5.74, 6) is 2.08. The SMILES string of the molecule is Clc1cc2c(cc1CSc1nccc(-c3ccccc3)n1)OCO2. The summed E-state index contributed by atoms with van der Waals surface area (Å²) in [7, 11) is 0. The van der Waals surface area contributed by atoms with Gasteiger partial charge in [-0.15, -0.1) is 0 Å². The van der Waals surface area contributed by atoms with Gasteiger partial charge >= 0.3 is 0 Å². The Labute approximate surface area is 148 Å². The first-order valence-corrected chi connectivity index (χ1v) is 8.75. The Hall–Kier alpha value is -2.24. The third kappa shape index (κ3) is 3.18. The van der Waals surface area contributed by atoms with Crippen molar-refractivity contribution < 1.29 is 9.47 Å². The van der Waals surface area contributed by atoms with E-state index in [2.05, 4.69) is 9.97 Å². The highest BCUT2D eigenvalue weighted by atomic mass is 35.5. The lowest BCUT2D eigenvalue weighted by molar-refractivity contribution is 0.174. The molecule has 0 spiro atoms. The van der Waals surface area contributed by atoms with Crippen molar-refractivity contribution in [3.63, 3.8) is 0 Å². The van der Waals surface area contributed by atoms with Gasteiger partial charge in [-0.05, 0) is 17.7 Å². The van der Waals surface area contributed by atoms with Crippen molar-refractivity contribution in [2.24, 2.45) is 0 Å². The summed E-state index contributed by atoms with van der Waals surface area (Å²) in [5.41, 5.74) is 2.95. The molecule has 3 aromatic rings. The summed E-state index contributed by atoms with van der Waals surface area (Å²) in [6, 6.07) is 15.7. The Morgan fingerprint density at radius 2 is 1.83 bits per heavy atom. The molecule has 0 amide bonds.